The van der Waals surface area contributed by atoms with Crippen molar-refractivity contribution in [3.05, 3.63) is 33.6 Å². The van der Waals surface area contributed by atoms with Gasteiger partial charge < -0.3 is 14.6 Å². The van der Waals surface area contributed by atoms with E-state index in [0.29, 0.717) is 35.4 Å². The molecule has 0 radical (unpaired) electrons. The molecule has 2 aromatic rings. The van der Waals surface area contributed by atoms with Gasteiger partial charge in [0.15, 0.2) is 5.82 Å². The Morgan fingerprint density at radius 1 is 1.52 bits per heavy atom. The van der Waals surface area contributed by atoms with Gasteiger partial charge in [-0.15, -0.1) is 11.3 Å². The fourth-order valence-electron chi connectivity index (χ4n) is 2.65. The van der Waals surface area contributed by atoms with E-state index in [1.807, 2.05) is 6.07 Å². The van der Waals surface area contributed by atoms with E-state index in [4.69, 9.17) is 14.5 Å². The zero-order valence-electron chi connectivity index (χ0n) is 12.6. The maximum atomic E-state index is 12.5. The highest BCUT2D eigenvalue weighted by molar-refractivity contribution is 7.12. The van der Waals surface area contributed by atoms with Crippen LogP contribution < -0.4 is 5.32 Å². The summed E-state index contributed by atoms with van der Waals surface area (Å²) in [5.41, 5.74) is 0.375. The number of aryl methyl sites for hydroxylation is 1. The number of hydrogen-bond donors (Lipinski definition) is 1. The summed E-state index contributed by atoms with van der Waals surface area (Å²) in [5.74, 6) is 0.805. The quantitative estimate of drug-likeness (QED) is 0.921. The molecule has 0 spiro atoms. The van der Waals surface area contributed by atoms with Crippen LogP contribution in [-0.4, -0.2) is 29.3 Å². The summed E-state index contributed by atoms with van der Waals surface area (Å²) in [7, 11) is 0. The van der Waals surface area contributed by atoms with Crippen LogP contribution in [0.2, 0.25) is 0 Å². The molecule has 0 aliphatic carbocycles. The average molecular weight is 332 g/mol. The summed E-state index contributed by atoms with van der Waals surface area (Å²) >= 11 is 1.25. The van der Waals surface area contributed by atoms with Crippen molar-refractivity contribution in [2.45, 2.75) is 25.8 Å². The Morgan fingerprint density at radius 2 is 2.30 bits per heavy atom. The lowest BCUT2D eigenvalue weighted by molar-refractivity contribution is 0.0468. The highest BCUT2D eigenvalue weighted by Crippen LogP contribution is 2.30. The highest BCUT2D eigenvalue weighted by atomic mass is 32.1. The normalized spacial score (nSPS) is 16.7. The molecule has 1 fully saturated rings. The molecule has 0 aromatic carbocycles. The van der Waals surface area contributed by atoms with Crippen molar-refractivity contribution in [2.24, 2.45) is 5.92 Å². The standard InChI is InChI=1S/C15H16N4O3S/c1-9-17-15(22-19-9)12(10-2-5-21-6-3-10)18-14(20)13-11(8-16)4-7-23-13/h4,7,10,12H,2-3,5-6H2,1H3,(H,18,20)/t12-/m0/s1. The first-order valence-electron chi connectivity index (χ1n) is 7.35. The van der Waals surface area contributed by atoms with Crippen LogP contribution in [-0.2, 0) is 4.74 Å². The van der Waals surface area contributed by atoms with E-state index < -0.39 is 0 Å². The molecule has 0 saturated carbocycles. The minimum atomic E-state index is -0.374. The summed E-state index contributed by atoms with van der Waals surface area (Å²) < 4.78 is 10.7. The lowest BCUT2D eigenvalue weighted by atomic mass is 9.91. The van der Waals surface area contributed by atoms with E-state index in [0.717, 1.165) is 12.8 Å². The number of nitriles is 1. The number of carbonyl (C=O) groups excluding carboxylic acids is 1. The second kappa shape index (κ2) is 6.89. The maximum Gasteiger partial charge on any atom is 0.263 e. The molecule has 3 heterocycles. The number of aromatic nitrogens is 2. The largest absolute Gasteiger partial charge is 0.381 e. The van der Waals surface area contributed by atoms with Gasteiger partial charge in [-0.2, -0.15) is 10.2 Å². The van der Waals surface area contributed by atoms with Crippen LogP contribution in [0.1, 0.15) is 45.8 Å². The molecule has 8 heteroatoms. The number of carbonyl (C=O) groups is 1. The topological polar surface area (TPSA) is 101 Å². The van der Waals surface area contributed by atoms with Crippen LogP contribution >= 0.6 is 11.3 Å². The van der Waals surface area contributed by atoms with Gasteiger partial charge in [0.1, 0.15) is 17.0 Å². The number of rotatable bonds is 4. The van der Waals surface area contributed by atoms with Crippen molar-refractivity contribution < 1.29 is 14.1 Å². The smallest absolute Gasteiger partial charge is 0.263 e. The van der Waals surface area contributed by atoms with E-state index in [1.54, 1.807) is 18.4 Å². The van der Waals surface area contributed by atoms with E-state index in [2.05, 4.69) is 15.5 Å². The highest BCUT2D eigenvalue weighted by Gasteiger charge is 2.32. The Bertz CT molecular complexity index is 727. The summed E-state index contributed by atoms with van der Waals surface area (Å²) in [6.45, 7) is 3.03. The summed E-state index contributed by atoms with van der Waals surface area (Å²) in [4.78, 5) is 17.2. The molecule has 1 aliphatic rings. The van der Waals surface area contributed by atoms with Gasteiger partial charge in [0.2, 0.25) is 5.89 Å². The van der Waals surface area contributed by atoms with Crippen molar-refractivity contribution in [3.63, 3.8) is 0 Å². The maximum absolute atomic E-state index is 12.5. The fourth-order valence-corrected chi connectivity index (χ4v) is 3.40. The van der Waals surface area contributed by atoms with Crippen molar-refractivity contribution in [1.82, 2.24) is 15.5 Å². The van der Waals surface area contributed by atoms with Gasteiger partial charge in [-0.3, -0.25) is 4.79 Å². The summed E-state index contributed by atoms with van der Waals surface area (Å²) in [6, 6.07) is 3.30. The number of hydrogen-bond acceptors (Lipinski definition) is 7. The molecular weight excluding hydrogens is 316 g/mol. The zero-order valence-corrected chi connectivity index (χ0v) is 13.4. The predicted molar refractivity (Wildman–Crippen MR) is 81.8 cm³/mol. The molecule has 7 nitrogen and oxygen atoms in total. The van der Waals surface area contributed by atoms with Gasteiger partial charge in [-0.25, -0.2) is 0 Å². The van der Waals surface area contributed by atoms with Crippen LogP contribution in [0.3, 0.4) is 0 Å². The summed E-state index contributed by atoms with van der Waals surface area (Å²) in [6.07, 6.45) is 1.61. The van der Waals surface area contributed by atoms with Gasteiger partial charge in [0.05, 0.1) is 5.56 Å². The van der Waals surface area contributed by atoms with Crippen LogP contribution in [0.25, 0.3) is 0 Å². The Balaban J connectivity index is 1.83. The van der Waals surface area contributed by atoms with Gasteiger partial charge in [0.25, 0.3) is 5.91 Å². The Kier molecular flexibility index (Phi) is 4.69. The lowest BCUT2D eigenvalue weighted by Gasteiger charge is -2.28. The first-order chi connectivity index (χ1) is 11.2. The summed E-state index contributed by atoms with van der Waals surface area (Å²) in [5, 5.41) is 17.6. The minimum Gasteiger partial charge on any atom is -0.381 e. The molecule has 0 bridgehead atoms. The second-order valence-corrected chi connectivity index (χ2v) is 6.27. The first kappa shape index (κ1) is 15.6. The molecule has 1 amide bonds. The lowest BCUT2D eigenvalue weighted by Crippen LogP contribution is -2.36. The van der Waals surface area contributed by atoms with E-state index in [9.17, 15) is 4.79 Å². The van der Waals surface area contributed by atoms with Crippen LogP contribution in [0, 0.1) is 24.2 Å². The van der Waals surface area contributed by atoms with Crippen LogP contribution in [0.15, 0.2) is 16.0 Å². The van der Waals surface area contributed by atoms with Gasteiger partial charge in [-0.1, -0.05) is 5.16 Å². The zero-order chi connectivity index (χ0) is 16.2. The molecule has 1 aliphatic heterocycles. The third-order valence-corrected chi connectivity index (χ3v) is 4.74. The Morgan fingerprint density at radius 3 is 2.96 bits per heavy atom. The van der Waals surface area contributed by atoms with Gasteiger partial charge in [0, 0.05) is 13.2 Å². The first-order valence-corrected chi connectivity index (χ1v) is 8.23. The monoisotopic (exact) mass is 332 g/mol. The number of thiophene rings is 1. The predicted octanol–water partition coefficient (Wildman–Crippen LogP) is 2.21. The van der Waals surface area contributed by atoms with Crippen molar-refractivity contribution in [2.75, 3.05) is 13.2 Å². The Labute approximate surface area is 137 Å². The number of amides is 1. The Hall–Kier alpha value is -2.24. The van der Waals surface area contributed by atoms with Crippen molar-refractivity contribution >= 4 is 17.2 Å². The fraction of sp³-hybridized carbons (Fsp3) is 0.467. The minimum absolute atomic E-state index is 0.165. The third-order valence-electron chi connectivity index (χ3n) is 3.83. The number of nitrogens with one attached hydrogen (secondary N) is 1. The molecule has 23 heavy (non-hydrogen) atoms. The molecule has 2 aromatic heterocycles. The van der Waals surface area contributed by atoms with E-state index in [1.165, 1.54) is 11.3 Å². The average Bonchev–Trinajstić information content (AvgIpc) is 3.21. The van der Waals surface area contributed by atoms with Gasteiger partial charge >= 0.3 is 0 Å². The van der Waals surface area contributed by atoms with Crippen molar-refractivity contribution in [3.8, 4) is 6.07 Å². The van der Waals surface area contributed by atoms with E-state index >= 15 is 0 Å². The third kappa shape index (κ3) is 3.41. The van der Waals surface area contributed by atoms with Crippen LogP contribution in [0.5, 0.6) is 0 Å². The molecular formula is C15H16N4O3S. The molecule has 120 valence electrons. The van der Waals surface area contributed by atoms with E-state index in [-0.39, 0.29) is 17.9 Å². The molecule has 1 N–H and O–H groups in total. The molecule has 1 atom stereocenters. The second-order valence-electron chi connectivity index (χ2n) is 5.36. The molecule has 3 rings (SSSR count). The van der Waals surface area contributed by atoms with Crippen molar-refractivity contribution in [1.29, 1.82) is 5.26 Å². The molecule has 1 saturated heterocycles. The van der Waals surface area contributed by atoms with Gasteiger partial charge in [-0.05, 0) is 37.1 Å². The number of nitrogens with zero attached hydrogens (tertiary/aromatic N) is 3. The molecule has 0 unspecified atom stereocenters. The van der Waals surface area contributed by atoms with Crippen LogP contribution in [0.4, 0.5) is 0 Å². The number of ether oxygens (including phenoxy) is 1. The SMILES string of the molecule is Cc1noc([C@@H](NC(=O)c2sccc2C#N)C2CCOCC2)n1.